The van der Waals surface area contributed by atoms with Gasteiger partial charge >= 0.3 is 0 Å². The second-order valence-corrected chi connectivity index (χ2v) is 5.76. The van der Waals surface area contributed by atoms with Gasteiger partial charge in [-0.15, -0.1) is 0 Å². The third-order valence-electron chi connectivity index (χ3n) is 3.10. The van der Waals surface area contributed by atoms with Crippen LogP contribution in [0.5, 0.6) is 0 Å². The molecule has 0 aliphatic heterocycles. The van der Waals surface area contributed by atoms with Crippen molar-refractivity contribution < 1.29 is 0 Å². The van der Waals surface area contributed by atoms with Gasteiger partial charge in [-0.2, -0.15) is 10.4 Å². The Labute approximate surface area is 133 Å². The van der Waals surface area contributed by atoms with E-state index in [-0.39, 0.29) is 0 Å². The van der Waals surface area contributed by atoms with Gasteiger partial charge in [0.1, 0.15) is 6.07 Å². The van der Waals surface area contributed by atoms with Gasteiger partial charge in [-0.3, -0.25) is 0 Å². The Balaban J connectivity index is 2.37. The summed E-state index contributed by atoms with van der Waals surface area (Å²) in [6.07, 6.45) is 0. The number of hydrogen-bond donors (Lipinski definition) is 0. The summed E-state index contributed by atoms with van der Waals surface area (Å²) in [5.41, 5.74) is 3.35. The summed E-state index contributed by atoms with van der Waals surface area (Å²) in [5, 5.41) is 15.6. The normalized spacial score (nSPS) is 10.7. The number of nitriles is 1. The van der Waals surface area contributed by atoms with Gasteiger partial charge in [-0.25, -0.2) is 4.68 Å². The lowest BCUT2D eigenvalue weighted by molar-refractivity contribution is 0.883. The summed E-state index contributed by atoms with van der Waals surface area (Å²) in [7, 11) is 0. The molecule has 3 rings (SSSR count). The lowest BCUT2D eigenvalue weighted by Crippen LogP contribution is -1.99. The Kier molecular flexibility index (Phi) is 3.60. The maximum Gasteiger partial charge on any atom is 0.101 e. The Morgan fingerprint density at radius 3 is 2.75 bits per heavy atom. The van der Waals surface area contributed by atoms with E-state index >= 15 is 0 Å². The molecule has 98 valence electrons. The van der Waals surface area contributed by atoms with Crippen molar-refractivity contribution in [1.29, 1.82) is 5.26 Å². The van der Waals surface area contributed by atoms with Crippen LogP contribution in [0.2, 0.25) is 0 Å². The smallest absolute Gasteiger partial charge is 0.101 e. The molecule has 0 bridgehead atoms. The van der Waals surface area contributed by atoms with Crippen molar-refractivity contribution in [2.75, 3.05) is 0 Å². The van der Waals surface area contributed by atoms with Crippen LogP contribution in [0.25, 0.3) is 16.6 Å². The highest BCUT2D eigenvalue weighted by Crippen LogP contribution is 2.27. The number of rotatable bonds is 2. The van der Waals surface area contributed by atoms with Crippen LogP contribution in [0.3, 0.4) is 0 Å². The van der Waals surface area contributed by atoms with Crippen molar-refractivity contribution in [3.05, 3.63) is 58.2 Å². The molecule has 0 spiro atoms. The molecule has 3 nitrogen and oxygen atoms in total. The van der Waals surface area contributed by atoms with E-state index < -0.39 is 0 Å². The molecular weight excluding hydrogens is 382 g/mol. The summed E-state index contributed by atoms with van der Waals surface area (Å²) in [6.45, 7) is 0. The maximum atomic E-state index is 9.26. The first-order valence-corrected chi connectivity index (χ1v) is 7.88. The molecule has 1 heterocycles. The molecule has 5 heteroatoms. The fraction of sp³-hybridized carbons (Fsp3) is 0.0667. The van der Waals surface area contributed by atoms with Gasteiger partial charge in [0, 0.05) is 15.2 Å². The second kappa shape index (κ2) is 5.39. The minimum absolute atomic E-state index is 0.609. The van der Waals surface area contributed by atoms with Crippen LogP contribution in [-0.4, -0.2) is 9.78 Å². The highest BCUT2D eigenvalue weighted by Gasteiger charge is 2.13. The van der Waals surface area contributed by atoms with Crippen molar-refractivity contribution in [3.63, 3.8) is 0 Å². The van der Waals surface area contributed by atoms with Gasteiger partial charge in [0.15, 0.2) is 0 Å². The quantitative estimate of drug-likeness (QED) is 0.602. The number of hydrogen-bond acceptors (Lipinski definition) is 2. The van der Waals surface area contributed by atoms with E-state index in [1.807, 2.05) is 41.1 Å². The van der Waals surface area contributed by atoms with Crippen LogP contribution < -0.4 is 0 Å². The molecule has 0 saturated heterocycles. The zero-order chi connectivity index (χ0) is 14.1. The molecule has 0 radical (unpaired) electrons. The summed E-state index contributed by atoms with van der Waals surface area (Å²) < 4.78 is 2.82. The summed E-state index contributed by atoms with van der Waals surface area (Å²) in [4.78, 5) is 0. The standard InChI is InChI=1S/C15H9Br2N3/c16-8-13-12-6-5-11(17)7-15(12)20(19-13)14-4-2-1-3-10(14)9-18/h1-7H,8H2. The SMILES string of the molecule is N#Cc1ccccc1-n1nc(CBr)c2ccc(Br)cc21. The molecule has 0 unspecified atom stereocenters. The molecule has 0 aliphatic rings. The number of halogens is 2. The topological polar surface area (TPSA) is 41.6 Å². The highest BCUT2D eigenvalue weighted by atomic mass is 79.9. The van der Waals surface area contributed by atoms with Crippen molar-refractivity contribution >= 4 is 42.8 Å². The Bertz CT molecular complexity index is 831. The molecule has 0 atom stereocenters. The van der Waals surface area contributed by atoms with E-state index in [1.54, 1.807) is 6.07 Å². The average molecular weight is 391 g/mol. The molecule has 3 aromatic rings. The van der Waals surface area contributed by atoms with Crippen LogP contribution in [0.15, 0.2) is 46.9 Å². The molecule has 0 saturated carbocycles. The molecule has 0 amide bonds. The molecule has 1 aromatic heterocycles. The van der Waals surface area contributed by atoms with E-state index in [4.69, 9.17) is 0 Å². The van der Waals surface area contributed by atoms with Crippen LogP contribution in [0.1, 0.15) is 11.3 Å². The predicted molar refractivity (Wildman–Crippen MR) is 86.1 cm³/mol. The van der Waals surface area contributed by atoms with Crippen LogP contribution in [-0.2, 0) is 5.33 Å². The van der Waals surface area contributed by atoms with Crippen molar-refractivity contribution in [1.82, 2.24) is 9.78 Å². The first kappa shape index (κ1) is 13.3. The molecular formula is C15H9Br2N3. The largest absolute Gasteiger partial charge is 0.231 e. The minimum Gasteiger partial charge on any atom is -0.231 e. The van der Waals surface area contributed by atoms with Gasteiger partial charge < -0.3 is 0 Å². The molecule has 20 heavy (non-hydrogen) atoms. The lowest BCUT2D eigenvalue weighted by Gasteiger charge is -2.05. The predicted octanol–water partition coefficient (Wildman–Crippen LogP) is 4.55. The average Bonchev–Trinajstić information content (AvgIpc) is 2.84. The molecule has 0 fully saturated rings. The monoisotopic (exact) mass is 389 g/mol. The summed E-state index contributed by atoms with van der Waals surface area (Å²) in [6, 6.07) is 15.7. The molecule has 0 aliphatic carbocycles. The van der Waals surface area contributed by atoms with Crippen molar-refractivity contribution in [3.8, 4) is 11.8 Å². The third-order valence-corrected chi connectivity index (χ3v) is 4.12. The highest BCUT2D eigenvalue weighted by molar-refractivity contribution is 9.10. The Hall–Kier alpha value is -1.64. The van der Waals surface area contributed by atoms with Gasteiger partial charge in [0.05, 0.1) is 22.5 Å². The lowest BCUT2D eigenvalue weighted by atomic mass is 10.2. The van der Waals surface area contributed by atoms with E-state index in [1.165, 1.54) is 0 Å². The van der Waals surface area contributed by atoms with Crippen molar-refractivity contribution in [2.24, 2.45) is 0 Å². The van der Waals surface area contributed by atoms with E-state index in [9.17, 15) is 5.26 Å². The number of nitrogens with zero attached hydrogens (tertiary/aromatic N) is 3. The van der Waals surface area contributed by atoms with E-state index in [0.717, 1.165) is 26.8 Å². The van der Waals surface area contributed by atoms with Crippen LogP contribution in [0.4, 0.5) is 0 Å². The van der Waals surface area contributed by atoms with Crippen molar-refractivity contribution in [2.45, 2.75) is 5.33 Å². The second-order valence-electron chi connectivity index (χ2n) is 4.28. The first-order valence-electron chi connectivity index (χ1n) is 5.97. The zero-order valence-corrected chi connectivity index (χ0v) is 13.5. The summed E-state index contributed by atoms with van der Waals surface area (Å²) in [5.74, 6) is 0. The Morgan fingerprint density at radius 1 is 1.20 bits per heavy atom. The minimum atomic E-state index is 0.609. The summed E-state index contributed by atoms with van der Waals surface area (Å²) >= 11 is 6.95. The van der Waals surface area contributed by atoms with Gasteiger partial charge in [0.2, 0.25) is 0 Å². The fourth-order valence-electron chi connectivity index (χ4n) is 2.19. The van der Waals surface area contributed by atoms with Crippen LogP contribution in [0, 0.1) is 11.3 Å². The number of aromatic nitrogens is 2. The van der Waals surface area contributed by atoms with Crippen LogP contribution >= 0.6 is 31.9 Å². The fourth-order valence-corrected chi connectivity index (χ4v) is 2.95. The van der Waals surface area contributed by atoms with Gasteiger partial charge in [-0.05, 0) is 30.3 Å². The first-order chi connectivity index (χ1) is 9.74. The number of alkyl halides is 1. The molecule has 2 aromatic carbocycles. The van der Waals surface area contributed by atoms with E-state index in [0.29, 0.717) is 10.9 Å². The zero-order valence-electron chi connectivity index (χ0n) is 10.3. The molecule has 0 N–H and O–H groups in total. The van der Waals surface area contributed by atoms with E-state index in [2.05, 4.69) is 43.0 Å². The number of fused-ring (bicyclic) bond motifs is 1. The van der Waals surface area contributed by atoms with Gasteiger partial charge in [0.25, 0.3) is 0 Å². The number of para-hydroxylation sites is 1. The third kappa shape index (κ3) is 2.15. The number of benzene rings is 2. The van der Waals surface area contributed by atoms with Gasteiger partial charge in [-0.1, -0.05) is 44.0 Å². The maximum absolute atomic E-state index is 9.26. The Morgan fingerprint density at radius 2 is 2.00 bits per heavy atom.